The Balaban J connectivity index is 1.69. The summed E-state index contributed by atoms with van der Waals surface area (Å²) in [6.07, 6.45) is 0.707. The second kappa shape index (κ2) is 7.37. The van der Waals surface area contributed by atoms with E-state index in [4.69, 9.17) is 0 Å². The van der Waals surface area contributed by atoms with Gasteiger partial charge in [-0.3, -0.25) is 4.79 Å². The van der Waals surface area contributed by atoms with Crippen LogP contribution in [0.15, 0.2) is 81.7 Å². The summed E-state index contributed by atoms with van der Waals surface area (Å²) < 4.78 is 2.03. The van der Waals surface area contributed by atoms with Gasteiger partial charge in [-0.1, -0.05) is 80.4 Å². The van der Waals surface area contributed by atoms with Gasteiger partial charge in [0, 0.05) is 14.6 Å². The van der Waals surface area contributed by atoms with E-state index < -0.39 is 0 Å². The van der Waals surface area contributed by atoms with Gasteiger partial charge in [0.05, 0.1) is 12.5 Å². The molecule has 1 aliphatic heterocycles. The maximum absolute atomic E-state index is 13.3. The molecule has 1 unspecified atom stereocenters. The van der Waals surface area contributed by atoms with Gasteiger partial charge in [-0.15, -0.1) is 0 Å². The number of amides is 1. The molecular formula is C22H17Br2NO. The number of benzene rings is 3. The summed E-state index contributed by atoms with van der Waals surface area (Å²) in [5, 5.41) is 0. The largest absolute Gasteiger partial charge is 0.307 e. The van der Waals surface area contributed by atoms with E-state index in [1.807, 2.05) is 41.3 Å². The Morgan fingerprint density at radius 1 is 0.808 bits per heavy atom. The lowest BCUT2D eigenvalue weighted by molar-refractivity contribution is -0.119. The fraction of sp³-hybridized carbons (Fsp3) is 0.136. The predicted octanol–water partition coefficient (Wildman–Crippen LogP) is 6.08. The molecule has 0 radical (unpaired) electrons. The third-order valence-electron chi connectivity index (χ3n) is 4.74. The number of hydrogen-bond donors (Lipinski definition) is 0. The van der Waals surface area contributed by atoms with E-state index in [0.29, 0.717) is 13.0 Å². The van der Waals surface area contributed by atoms with E-state index in [2.05, 4.69) is 68.3 Å². The molecule has 0 fully saturated rings. The van der Waals surface area contributed by atoms with Crippen molar-refractivity contribution in [1.82, 2.24) is 0 Å². The molecule has 130 valence electrons. The van der Waals surface area contributed by atoms with E-state index >= 15 is 0 Å². The van der Waals surface area contributed by atoms with Crippen LogP contribution in [-0.4, -0.2) is 5.91 Å². The van der Waals surface area contributed by atoms with E-state index in [9.17, 15) is 4.79 Å². The van der Waals surface area contributed by atoms with E-state index in [1.165, 1.54) is 0 Å². The second-order valence-electron chi connectivity index (χ2n) is 6.50. The summed E-state index contributed by atoms with van der Waals surface area (Å²) >= 11 is 7.07. The van der Waals surface area contributed by atoms with Crippen molar-refractivity contribution in [2.24, 2.45) is 0 Å². The van der Waals surface area contributed by atoms with E-state index in [0.717, 1.165) is 31.3 Å². The Morgan fingerprint density at radius 2 is 1.54 bits per heavy atom. The molecule has 4 heteroatoms. The Hall–Kier alpha value is -1.91. The van der Waals surface area contributed by atoms with Gasteiger partial charge in [0.15, 0.2) is 0 Å². The lowest BCUT2D eigenvalue weighted by atomic mass is 9.93. The summed E-state index contributed by atoms with van der Waals surface area (Å²) in [5.41, 5.74) is 4.41. The number of nitrogens with zero attached hydrogens (tertiary/aromatic N) is 1. The van der Waals surface area contributed by atoms with Gasteiger partial charge >= 0.3 is 0 Å². The summed E-state index contributed by atoms with van der Waals surface area (Å²) in [7, 11) is 0. The normalized spacial score (nSPS) is 16.0. The van der Waals surface area contributed by atoms with Crippen molar-refractivity contribution in [1.29, 1.82) is 0 Å². The monoisotopic (exact) mass is 469 g/mol. The summed E-state index contributed by atoms with van der Waals surface area (Å²) in [5.74, 6) is 0.0260. The van der Waals surface area contributed by atoms with Crippen LogP contribution >= 0.6 is 31.9 Å². The number of fused-ring (bicyclic) bond motifs is 1. The summed E-state index contributed by atoms with van der Waals surface area (Å²) in [6.45, 7) is 0.595. The number of anilines is 1. The molecule has 0 aliphatic carbocycles. The molecule has 0 spiro atoms. The predicted molar refractivity (Wildman–Crippen MR) is 112 cm³/mol. The van der Waals surface area contributed by atoms with Crippen molar-refractivity contribution in [3.05, 3.63) is 98.4 Å². The third kappa shape index (κ3) is 3.49. The zero-order valence-corrected chi connectivity index (χ0v) is 17.2. The van der Waals surface area contributed by atoms with Crippen LogP contribution in [0.4, 0.5) is 5.69 Å². The molecule has 1 heterocycles. The van der Waals surface area contributed by atoms with Gasteiger partial charge < -0.3 is 4.90 Å². The van der Waals surface area contributed by atoms with Gasteiger partial charge in [0.25, 0.3) is 0 Å². The molecule has 3 aromatic carbocycles. The highest BCUT2D eigenvalue weighted by atomic mass is 79.9. The Morgan fingerprint density at radius 3 is 2.31 bits per heavy atom. The first-order chi connectivity index (χ1) is 12.6. The fourth-order valence-corrected chi connectivity index (χ4v) is 4.31. The first-order valence-corrected chi connectivity index (χ1v) is 10.1. The maximum atomic E-state index is 13.3. The molecule has 0 aromatic heterocycles. The van der Waals surface area contributed by atoms with Gasteiger partial charge in [0.2, 0.25) is 5.91 Å². The highest BCUT2D eigenvalue weighted by molar-refractivity contribution is 9.10. The molecule has 0 saturated carbocycles. The van der Waals surface area contributed by atoms with Gasteiger partial charge in [-0.2, -0.15) is 0 Å². The molecule has 3 aromatic rings. The zero-order valence-electron chi connectivity index (χ0n) is 14.0. The number of hydrogen-bond acceptors (Lipinski definition) is 1. The smallest absolute Gasteiger partial charge is 0.235 e. The molecule has 0 saturated heterocycles. The van der Waals surface area contributed by atoms with Crippen LogP contribution in [0.5, 0.6) is 0 Å². The van der Waals surface area contributed by atoms with Crippen LogP contribution in [0.25, 0.3) is 0 Å². The lowest BCUT2D eigenvalue weighted by Crippen LogP contribution is -2.29. The van der Waals surface area contributed by atoms with Crippen LogP contribution in [0.2, 0.25) is 0 Å². The topological polar surface area (TPSA) is 20.3 Å². The number of carbonyl (C=O) groups is 1. The van der Waals surface area contributed by atoms with Crippen molar-refractivity contribution < 1.29 is 4.79 Å². The highest BCUT2D eigenvalue weighted by Gasteiger charge is 2.37. The first-order valence-electron chi connectivity index (χ1n) is 8.51. The van der Waals surface area contributed by atoms with Crippen molar-refractivity contribution in [3.8, 4) is 0 Å². The average molecular weight is 471 g/mol. The van der Waals surface area contributed by atoms with Crippen LogP contribution < -0.4 is 4.90 Å². The highest BCUT2D eigenvalue weighted by Crippen LogP contribution is 2.41. The van der Waals surface area contributed by atoms with Crippen molar-refractivity contribution in [2.45, 2.75) is 18.9 Å². The lowest BCUT2D eigenvalue weighted by Gasteiger charge is -2.18. The average Bonchev–Trinajstić information content (AvgIpc) is 2.88. The van der Waals surface area contributed by atoms with Crippen LogP contribution in [0, 0.1) is 0 Å². The van der Waals surface area contributed by atoms with Crippen LogP contribution in [0.3, 0.4) is 0 Å². The molecule has 26 heavy (non-hydrogen) atoms. The van der Waals surface area contributed by atoms with Crippen molar-refractivity contribution in [2.75, 3.05) is 4.90 Å². The zero-order chi connectivity index (χ0) is 18.1. The minimum atomic E-state index is -0.142. The summed E-state index contributed by atoms with van der Waals surface area (Å²) in [6, 6.07) is 24.5. The van der Waals surface area contributed by atoms with E-state index in [1.54, 1.807) is 0 Å². The van der Waals surface area contributed by atoms with Gasteiger partial charge in [-0.05, 0) is 47.4 Å². The quantitative estimate of drug-likeness (QED) is 0.452. The molecular weight excluding hydrogens is 454 g/mol. The molecule has 4 rings (SSSR count). The van der Waals surface area contributed by atoms with Crippen molar-refractivity contribution >= 4 is 43.5 Å². The number of halogens is 2. The Labute approximate surface area is 170 Å². The Kier molecular flexibility index (Phi) is 4.96. The van der Waals surface area contributed by atoms with E-state index in [-0.39, 0.29) is 11.8 Å². The second-order valence-corrected chi connectivity index (χ2v) is 8.33. The minimum Gasteiger partial charge on any atom is -0.307 e. The molecule has 0 bridgehead atoms. The molecule has 0 N–H and O–H groups in total. The first kappa shape index (κ1) is 17.5. The van der Waals surface area contributed by atoms with Crippen molar-refractivity contribution in [3.63, 3.8) is 0 Å². The fourth-order valence-electron chi connectivity index (χ4n) is 3.51. The molecule has 1 atom stereocenters. The number of carbonyl (C=O) groups excluding carboxylic acids is 1. The maximum Gasteiger partial charge on any atom is 0.235 e. The summed E-state index contributed by atoms with van der Waals surface area (Å²) in [4.78, 5) is 15.2. The standard InChI is InChI=1S/C22H17Br2NO/c23-17-8-4-7-16(11-17)12-20-19-10-9-18(24)13-21(19)25(22(20)26)14-15-5-2-1-3-6-15/h1-11,13,20H,12,14H2. The molecule has 2 nitrogen and oxygen atoms in total. The SMILES string of the molecule is O=C1C(Cc2cccc(Br)c2)c2ccc(Br)cc2N1Cc1ccccc1. The number of rotatable bonds is 4. The van der Waals surface area contributed by atoms with Gasteiger partial charge in [0.1, 0.15) is 0 Å². The third-order valence-corrected chi connectivity index (χ3v) is 5.72. The van der Waals surface area contributed by atoms with Crippen LogP contribution in [0.1, 0.15) is 22.6 Å². The molecule has 1 amide bonds. The Bertz CT molecular complexity index is 955. The van der Waals surface area contributed by atoms with Crippen LogP contribution in [-0.2, 0) is 17.8 Å². The molecule has 1 aliphatic rings. The van der Waals surface area contributed by atoms with Gasteiger partial charge in [-0.25, -0.2) is 0 Å². The minimum absolute atomic E-state index is 0.142.